The van der Waals surface area contributed by atoms with Crippen LogP contribution in [-0.2, 0) is 0 Å². The molecule has 1 N–H and O–H groups in total. The molecule has 6 heteroatoms. The van der Waals surface area contributed by atoms with E-state index in [-0.39, 0.29) is 11.8 Å². The summed E-state index contributed by atoms with van der Waals surface area (Å²) in [5, 5.41) is 4.75. The van der Waals surface area contributed by atoms with Crippen molar-refractivity contribution in [2.75, 3.05) is 17.3 Å². The smallest absolute Gasteiger partial charge is 0.268 e. The molecule has 0 aliphatic carbocycles. The Bertz CT molecular complexity index is 909. The van der Waals surface area contributed by atoms with E-state index in [1.165, 1.54) is 16.2 Å². The van der Waals surface area contributed by atoms with Crippen LogP contribution < -0.4 is 10.2 Å². The lowest BCUT2D eigenvalue weighted by Crippen LogP contribution is -2.28. The molecule has 1 aromatic heterocycles. The molecule has 1 heterocycles. The van der Waals surface area contributed by atoms with Gasteiger partial charge in [0.05, 0.1) is 16.1 Å². The highest BCUT2D eigenvalue weighted by Crippen LogP contribution is 2.24. The number of amides is 2. The topological polar surface area (TPSA) is 49.4 Å². The molecule has 4 nitrogen and oxygen atoms in total. The summed E-state index contributed by atoms with van der Waals surface area (Å²) in [5.41, 5.74) is 1.75. The summed E-state index contributed by atoms with van der Waals surface area (Å²) in [6, 6.07) is 18.3. The van der Waals surface area contributed by atoms with Gasteiger partial charge in [-0.25, -0.2) is 0 Å². The molecule has 0 saturated heterocycles. The number of hydrogen-bond donors (Lipinski definition) is 1. The Morgan fingerprint density at radius 3 is 2.56 bits per heavy atom. The van der Waals surface area contributed by atoms with E-state index < -0.39 is 0 Å². The van der Waals surface area contributed by atoms with Crippen LogP contribution in [0.5, 0.6) is 0 Å². The first-order chi connectivity index (χ1) is 12.1. The van der Waals surface area contributed by atoms with Crippen molar-refractivity contribution in [2.45, 2.75) is 0 Å². The van der Waals surface area contributed by atoms with Crippen molar-refractivity contribution in [2.24, 2.45) is 0 Å². The molecule has 0 aliphatic heterocycles. The molecule has 2 aromatic carbocycles. The van der Waals surface area contributed by atoms with Gasteiger partial charge in [-0.2, -0.15) is 0 Å². The van der Waals surface area contributed by atoms with E-state index >= 15 is 0 Å². The van der Waals surface area contributed by atoms with Gasteiger partial charge < -0.3 is 10.2 Å². The molecule has 0 radical (unpaired) electrons. The SMILES string of the molecule is CN(C(=O)c1cccs1)c1ccccc1C(=O)Nc1cccc(I)c1. The van der Waals surface area contributed by atoms with Crippen LogP contribution in [0.1, 0.15) is 20.0 Å². The highest BCUT2D eigenvalue weighted by atomic mass is 127. The molecule has 0 fully saturated rings. The van der Waals surface area contributed by atoms with Gasteiger partial charge in [0.1, 0.15) is 0 Å². The van der Waals surface area contributed by atoms with Gasteiger partial charge in [-0.05, 0) is 64.4 Å². The fourth-order valence-electron chi connectivity index (χ4n) is 2.40. The first-order valence-corrected chi connectivity index (χ1v) is 9.49. The number of carbonyl (C=O) groups excluding carboxylic acids is 2. The summed E-state index contributed by atoms with van der Waals surface area (Å²) in [5.74, 6) is -0.382. The van der Waals surface area contributed by atoms with E-state index in [4.69, 9.17) is 0 Å². The average Bonchev–Trinajstić information content (AvgIpc) is 3.15. The summed E-state index contributed by atoms with van der Waals surface area (Å²) >= 11 is 3.58. The van der Waals surface area contributed by atoms with Crippen molar-refractivity contribution >= 4 is 57.1 Å². The van der Waals surface area contributed by atoms with Crippen LogP contribution in [0.2, 0.25) is 0 Å². The number of rotatable bonds is 4. The summed E-state index contributed by atoms with van der Waals surface area (Å²) in [7, 11) is 1.68. The van der Waals surface area contributed by atoms with E-state index in [9.17, 15) is 9.59 Å². The summed E-state index contributed by atoms with van der Waals surface area (Å²) in [6.07, 6.45) is 0. The third-order valence-corrected chi connectivity index (χ3v) is 5.16. The lowest BCUT2D eigenvalue weighted by molar-refractivity contribution is 0.0996. The second-order valence-electron chi connectivity index (χ2n) is 5.32. The molecule has 0 aliphatic rings. The van der Waals surface area contributed by atoms with Gasteiger partial charge in [-0.15, -0.1) is 11.3 Å². The summed E-state index contributed by atoms with van der Waals surface area (Å²) in [6.45, 7) is 0. The number of halogens is 1. The predicted molar refractivity (Wildman–Crippen MR) is 111 cm³/mol. The normalized spacial score (nSPS) is 10.3. The lowest BCUT2D eigenvalue weighted by atomic mass is 10.1. The fraction of sp³-hybridized carbons (Fsp3) is 0.0526. The second kappa shape index (κ2) is 7.79. The van der Waals surface area contributed by atoms with E-state index in [0.29, 0.717) is 16.1 Å². The number of carbonyl (C=O) groups is 2. The van der Waals surface area contributed by atoms with Gasteiger partial charge in [0.15, 0.2) is 0 Å². The molecule has 0 bridgehead atoms. The Morgan fingerprint density at radius 2 is 1.84 bits per heavy atom. The summed E-state index contributed by atoms with van der Waals surface area (Å²) < 4.78 is 1.04. The summed E-state index contributed by atoms with van der Waals surface area (Å²) in [4.78, 5) is 27.4. The van der Waals surface area contributed by atoms with Crippen molar-refractivity contribution in [3.8, 4) is 0 Å². The van der Waals surface area contributed by atoms with Crippen LogP contribution in [-0.4, -0.2) is 18.9 Å². The Kier molecular flexibility index (Phi) is 5.50. The first-order valence-electron chi connectivity index (χ1n) is 7.54. The number of nitrogens with zero attached hydrogens (tertiary/aromatic N) is 1. The maximum atomic E-state index is 12.7. The van der Waals surface area contributed by atoms with Crippen LogP contribution in [0.25, 0.3) is 0 Å². The van der Waals surface area contributed by atoms with Gasteiger partial charge in [-0.3, -0.25) is 9.59 Å². The number of benzene rings is 2. The Balaban J connectivity index is 1.87. The minimum Gasteiger partial charge on any atom is -0.322 e. The first kappa shape index (κ1) is 17.6. The lowest BCUT2D eigenvalue weighted by Gasteiger charge is -2.20. The number of anilines is 2. The number of para-hydroxylation sites is 1. The van der Waals surface area contributed by atoms with E-state index in [1.54, 1.807) is 31.3 Å². The average molecular weight is 462 g/mol. The Morgan fingerprint density at radius 1 is 1.04 bits per heavy atom. The zero-order valence-corrected chi connectivity index (χ0v) is 16.4. The van der Waals surface area contributed by atoms with Crippen molar-refractivity contribution in [1.82, 2.24) is 0 Å². The minimum absolute atomic E-state index is 0.135. The minimum atomic E-state index is -0.247. The third-order valence-electron chi connectivity index (χ3n) is 3.63. The van der Waals surface area contributed by atoms with Crippen molar-refractivity contribution in [1.29, 1.82) is 0 Å². The van der Waals surface area contributed by atoms with Gasteiger partial charge in [0.2, 0.25) is 0 Å². The van der Waals surface area contributed by atoms with Gasteiger partial charge >= 0.3 is 0 Å². The number of hydrogen-bond acceptors (Lipinski definition) is 3. The molecule has 2 amide bonds. The van der Waals surface area contributed by atoms with Crippen LogP contribution in [0.4, 0.5) is 11.4 Å². The largest absolute Gasteiger partial charge is 0.322 e. The highest BCUT2D eigenvalue weighted by molar-refractivity contribution is 14.1. The Labute approximate surface area is 163 Å². The van der Waals surface area contributed by atoms with Crippen LogP contribution in [0.15, 0.2) is 66.0 Å². The maximum Gasteiger partial charge on any atom is 0.268 e. The molecular formula is C19H15IN2O2S. The molecule has 3 rings (SSSR count). The highest BCUT2D eigenvalue weighted by Gasteiger charge is 2.20. The van der Waals surface area contributed by atoms with E-state index in [1.807, 2.05) is 41.8 Å². The molecular weight excluding hydrogens is 447 g/mol. The van der Waals surface area contributed by atoms with E-state index in [2.05, 4.69) is 27.9 Å². The molecule has 0 unspecified atom stereocenters. The number of nitrogens with one attached hydrogen (secondary N) is 1. The quantitative estimate of drug-likeness (QED) is 0.562. The maximum absolute atomic E-state index is 12.7. The van der Waals surface area contributed by atoms with Crippen LogP contribution >= 0.6 is 33.9 Å². The predicted octanol–water partition coefficient (Wildman–Crippen LogP) is 4.88. The van der Waals surface area contributed by atoms with Crippen molar-refractivity contribution < 1.29 is 9.59 Å². The van der Waals surface area contributed by atoms with Crippen LogP contribution in [0, 0.1) is 3.57 Å². The molecule has 126 valence electrons. The zero-order valence-electron chi connectivity index (χ0n) is 13.4. The molecule has 25 heavy (non-hydrogen) atoms. The third kappa shape index (κ3) is 4.08. The molecule has 3 aromatic rings. The number of thiophene rings is 1. The zero-order chi connectivity index (χ0) is 17.8. The van der Waals surface area contributed by atoms with Crippen molar-refractivity contribution in [3.63, 3.8) is 0 Å². The monoisotopic (exact) mass is 462 g/mol. The molecule has 0 atom stereocenters. The van der Waals surface area contributed by atoms with Gasteiger partial charge in [0.25, 0.3) is 11.8 Å². The van der Waals surface area contributed by atoms with Gasteiger partial charge in [-0.1, -0.05) is 24.3 Å². The Hall–Kier alpha value is -2.19. The second-order valence-corrected chi connectivity index (χ2v) is 7.52. The standard InChI is InChI=1S/C19H15IN2O2S/c1-22(19(24)17-10-5-11-25-17)16-9-3-2-8-15(16)18(23)21-14-7-4-6-13(20)12-14/h2-12H,1H3,(H,21,23). The van der Waals surface area contributed by atoms with E-state index in [0.717, 1.165) is 9.26 Å². The van der Waals surface area contributed by atoms with Crippen LogP contribution in [0.3, 0.4) is 0 Å². The van der Waals surface area contributed by atoms with Crippen molar-refractivity contribution in [3.05, 3.63) is 80.1 Å². The fourth-order valence-corrected chi connectivity index (χ4v) is 3.64. The molecule has 0 saturated carbocycles. The molecule has 0 spiro atoms. The van der Waals surface area contributed by atoms with Gasteiger partial charge in [0, 0.05) is 16.3 Å².